The van der Waals surface area contributed by atoms with Crippen LogP contribution in [0.5, 0.6) is 0 Å². The van der Waals surface area contributed by atoms with E-state index in [2.05, 4.69) is 24.1 Å². The first kappa shape index (κ1) is 79.2. The fourth-order valence-corrected chi connectivity index (χ4v) is 11.2. The molecule has 0 spiro atoms. The van der Waals surface area contributed by atoms with E-state index in [0.717, 1.165) is 38.5 Å². The molecule has 5 N–H and O–H groups in total. The van der Waals surface area contributed by atoms with Gasteiger partial charge in [-0.2, -0.15) is 0 Å². The maximum Gasteiger partial charge on any atom is 3.00 e. The number of amides is 1. The predicted molar refractivity (Wildman–Crippen MR) is 322 cm³/mol. The van der Waals surface area contributed by atoms with E-state index in [-0.39, 0.29) is 134 Å². The summed E-state index contributed by atoms with van der Waals surface area (Å²) < 4.78 is 34.4. The van der Waals surface area contributed by atoms with Crippen molar-refractivity contribution in [2.75, 3.05) is 65.6 Å². The number of hydrogen-bond acceptors (Lipinski definition) is 15. The van der Waals surface area contributed by atoms with Gasteiger partial charge in [0.25, 0.3) is 0 Å². The van der Waals surface area contributed by atoms with E-state index in [1.54, 1.807) is 32.9 Å². The van der Waals surface area contributed by atoms with Gasteiger partial charge in [0.1, 0.15) is 12.6 Å². The number of aliphatic carboxylic acids is 3. The first-order chi connectivity index (χ1) is 40.1. The van der Waals surface area contributed by atoms with Crippen LogP contribution in [0.1, 0.15) is 250 Å². The minimum absolute atomic E-state index is 0. The molecular formula is C62H110N5O15PTm+3. The summed E-state index contributed by atoms with van der Waals surface area (Å²) in [6.45, 7) is 3.30. The summed E-state index contributed by atoms with van der Waals surface area (Å²) in [7, 11) is -4.74. The molecule has 1 aliphatic rings. The van der Waals surface area contributed by atoms with Crippen LogP contribution in [0.4, 0.5) is 0 Å². The molecule has 2 heterocycles. The van der Waals surface area contributed by atoms with Crippen LogP contribution in [0.25, 0.3) is 0 Å². The summed E-state index contributed by atoms with van der Waals surface area (Å²) in [5.74, 6) is -4.74. The number of carbonyl (C=O) groups is 6. The second kappa shape index (κ2) is 52.2. The number of phosphoric ester groups is 1. The number of nitrogens with one attached hydrogen (secondary N) is 1. The summed E-state index contributed by atoms with van der Waals surface area (Å²) >= 11 is 0. The monoisotopic (exact) mass is 1360 g/mol. The number of hydrogen-bond donors (Lipinski definition) is 5. The van der Waals surface area contributed by atoms with Crippen LogP contribution in [-0.4, -0.2) is 153 Å². The van der Waals surface area contributed by atoms with Crippen molar-refractivity contribution in [1.82, 2.24) is 25.0 Å². The Morgan fingerprint density at radius 1 is 0.560 bits per heavy atom. The Morgan fingerprint density at radius 2 is 0.976 bits per heavy atom. The molecule has 22 heteroatoms. The molecule has 0 aliphatic carbocycles. The summed E-state index contributed by atoms with van der Waals surface area (Å²) in [6.07, 6.45) is 35.1. The van der Waals surface area contributed by atoms with Gasteiger partial charge in [0, 0.05) is 65.1 Å². The molecule has 2 bridgehead atoms. The van der Waals surface area contributed by atoms with E-state index in [1.807, 2.05) is 0 Å². The quantitative estimate of drug-likeness (QED) is 0.0230. The van der Waals surface area contributed by atoms with E-state index >= 15 is 0 Å². The van der Waals surface area contributed by atoms with E-state index in [9.17, 15) is 53.5 Å². The minimum Gasteiger partial charge on any atom is -0.480 e. The predicted octanol–water partition coefficient (Wildman–Crippen LogP) is 12.0. The molecule has 1 aromatic heterocycles. The van der Waals surface area contributed by atoms with Gasteiger partial charge in [0.05, 0.1) is 37.7 Å². The smallest absolute Gasteiger partial charge is 0.480 e. The standard InChI is InChI=1S/C62H110N5O15P.Tm/c1-3-5-7-9-11-13-15-17-19-21-23-25-27-29-31-39-60(73)79-51-55(82-61(74)40-32-30-28-26-24-22-20-18-16-14-12-10-8-6-4-2)52-81-83(77,78)80-46-41-63-57(68)38-34-37-56(62(75)76)67-44-42-65(49-58(69)70)47-53-35-33-36-54(64-53)48-66(43-45-67)50-59(71)72;/h33,35-36,55-56H,3-32,34,37-52H2,1-2H3,(H,63,68)(H,69,70)(H,71,72)(H,75,76)(H,77,78);/q;+3/t55-,56?;/m1./s1. The van der Waals surface area contributed by atoms with Crippen LogP contribution in [0.2, 0.25) is 0 Å². The number of esters is 2. The van der Waals surface area contributed by atoms with Crippen LogP contribution in [-0.2, 0) is 64.9 Å². The van der Waals surface area contributed by atoms with Gasteiger partial charge in [0.2, 0.25) is 5.91 Å². The number of unbranched alkanes of at least 4 members (excludes halogenated alkanes) is 28. The van der Waals surface area contributed by atoms with Gasteiger partial charge < -0.3 is 35.0 Å². The van der Waals surface area contributed by atoms with Crippen molar-refractivity contribution in [3.8, 4) is 0 Å². The zero-order valence-corrected chi connectivity index (χ0v) is 54.1. The summed E-state index contributed by atoms with van der Waals surface area (Å²) in [6, 6.07) is 4.19. The van der Waals surface area contributed by atoms with Crippen molar-refractivity contribution in [2.45, 2.75) is 264 Å². The molecule has 1 aromatic rings. The maximum absolute atomic E-state index is 13.0. The normalized spacial score (nSPS) is 14.9. The number of carbonyl (C=O) groups excluding carboxylic acids is 3. The van der Waals surface area contributed by atoms with Crippen LogP contribution >= 0.6 is 7.82 Å². The maximum atomic E-state index is 13.0. The fourth-order valence-electron chi connectivity index (χ4n) is 10.4. The Morgan fingerprint density at radius 3 is 1.39 bits per heavy atom. The molecule has 488 valence electrons. The van der Waals surface area contributed by atoms with E-state index in [4.69, 9.17) is 18.5 Å². The van der Waals surface area contributed by atoms with Gasteiger partial charge in [0.15, 0.2) is 6.10 Å². The fraction of sp³-hybridized carbons (Fsp3) is 0.823. The summed E-state index contributed by atoms with van der Waals surface area (Å²) in [4.78, 5) is 94.9. The number of carboxylic acids is 3. The molecule has 2 rings (SSSR count). The van der Waals surface area contributed by atoms with Crippen LogP contribution in [0, 0.1) is 36.9 Å². The molecule has 0 saturated heterocycles. The van der Waals surface area contributed by atoms with Crippen LogP contribution in [0.3, 0.4) is 0 Å². The second-order valence-electron chi connectivity index (χ2n) is 22.8. The molecule has 1 amide bonds. The Bertz CT molecular complexity index is 1910. The number of carboxylic acid groups (broad SMARTS) is 3. The van der Waals surface area contributed by atoms with Crippen molar-refractivity contribution >= 4 is 43.6 Å². The number of phosphoric acid groups is 1. The summed E-state index contributed by atoms with van der Waals surface area (Å²) in [5.41, 5.74) is 1.18. The number of fused-ring (bicyclic) bond motifs is 2. The first-order valence-electron chi connectivity index (χ1n) is 32.1. The molecule has 0 fully saturated rings. The average molecular weight is 1370 g/mol. The Labute approximate surface area is 533 Å². The zero-order chi connectivity index (χ0) is 60.6. The number of rotatable bonds is 52. The van der Waals surface area contributed by atoms with Gasteiger partial charge in [-0.1, -0.05) is 200 Å². The van der Waals surface area contributed by atoms with E-state index in [0.29, 0.717) is 24.2 Å². The molecule has 2 unspecified atom stereocenters. The number of nitrogens with zero attached hydrogens (tertiary/aromatic N) is 4. The molecular weight excluding hydrogens is 1250 g/mol. The first-order valence-corrected chi connectivity index (χ1v) is 33.6. The van der Waals surface area contributed by atoms with Gasteiger partial charge >= 0.3 is 74.5 Å². The topological polar surface area (TPSA) is 272 Å². The third-order valence-electron chi connectivity index (χ3n) is 15.2. The molecule has 0 aromatic carbocycles. The summed E-state index contributed by atoms with van der Waals surface area (Å²) in [5, 5.41) is 32.2. The Hall–Kier alpha value is -2.81. The van der Waals surface area contributed by atoms with Crippen molar-refractivity contribution < 1.29 is 109 Å². The van der Waals surface area contributed by atoms with Crippen LogP contribution in [0.15, 0.2) is 18.2 Å². The SMILES string of the molecule is CCCCCCCCCCCCCCCCCC(=O)OC[C@H](COP(=O)(O)OCCNC(=O)CCCC(C(=O)O)N1CCN(CC(=O)O)Cc2cccc(n2)CN(CC(=O)O)CC1)OC(=O)CCCCCCCCCCCCCCCCC.[Tm+3]. The molecule has 0 radical (unpaired) electrons. The minimum atomic E-state index is -4.74. The molecule has 84 heavy (non-hydrogen) atoms. The second-order valence-corrected chi connectivity index (χ2v) is 24.2. The van der Waals surface area contributed by atoms with Gasteiger partial charge in [-0.15, -0.1) is 0 Å². The van der Waals surface area contributed by atoms with Crippen molar-refractivity contribution in [1.29, 1.82) is 0 Å². The van der Waals surface area contributed by atoms with Gasteiger partial charge in [-0.3, -0.25) is 57.5 Å². The van der Waals surface area contributed by atoms with E-state index < -0.39 is 68.9 Å². The van der Waals surface area contributed by atoms with Gasteiger partial charge in [-0.25, -0.2) is 4.57 Å². The molecule has 0 saturated carbocycles. The number of aromatic nitrogens is 1. The van der Waals surface area contributed by atoms with Crippen molar-refractivity contribution in [2.24, 2.45) is 0 Å². The number of pyridine rings is 1. The molecule has 3 atom stereocenters. The van der Waals surface area contributed by atoms with Crippen molar-refractivity contribution in [3.05, 3.63) is 29.6 Å². The molecule has 20 nitrogen and oxygen atoms in total. The number of ether oxygens (including phenoxy) is 2. The van der Waals surface area contributed by atoms with E-state index in [1.165, 1.54) is 141 Å². The molecule has 1 aliphatic heterocycles. The third-order valence-corrected chi connectivity index (χ3v) is 16.2. The third kappa shape index (κ3) is 44.6. The zero-order valence-electron chi connectivity index (χ0n) is 51.4. The van der Waals surface area contributed by atoms with Crippen molar-refractivity contribution in [3.63, 3.8) is 0 Å². The average Bonchev–Trinajstić information content (AvgIpc) is 3.63. The van der Waals surface area contributed by atoms with Gasteiger partial charge in [-0.05, 0) is 37.8 Å². The Balaban J connectivity index is 0.0000353. The van der Waals surface area contributed by atoms with Crippen LogP contribution < -0.4 is 5.32 Å². The largest absolute Gasteiger partial charge is 3.00 e. The Kier molecular flexibility index (Phi) is 49.2.